The molecule has 0 aliphatic rings. The zero-order chi connectivity index (χ0) is 12.0. The molecule has 1 N–H and O–H groups in total. The third-order valence-corrected chi connectivity index (χ3v) is 3.09. The predicted molar refractivity (Wildman–Crippen MR) is 73.4 cm³/mol. The van der Waals surface area contributed by atoms with E-state index in [2.05, 4.69) is 41.8 Å². The molecule has 0 spiro atoms. The first-order valence-electron chi connectivity index (χ1n) is 5.47. The third kappa shape index (κ3) is 5.32. The Morgan fingerprint density at radius 3 is 2.75 bits per heavy atom. The highest BCUT2D eigenvalue weighted by Gasteiger charge is 2.16. The molecule has 4 heteroatoms. The molecule has 1 aromatic rings. The highest BCUT2D eigenvalue weighted by Crippen LogP contribution is 2.19. The summed E-state index contributed by atoms with van der Waals surface area (Å²) in [5.74, 6) is 0.993. The maximum absolute atomic E-state index is 5.48. The maximum atomic E-state index is 5.48. The molecule has 0 aliphatic carbocycles. The SMILES string of the molecule is COCCC(C)(C)CNCc1ccc(I)o1. The second-order valence-corrected chi connectivity index (χ2v) is 5.78. The van der Waals surface area contributed by atoms with Crippen molar-refractivity contribution in [2.75, 3.05) is 20.3 Å². The van der Waals surface area contributed by atoms with E-state index in [0.717, 1.165) is 35.6 Å². The summed E-state index contributed by atoms with van der Waals surface area (Å²) in [7, 11) is 1.74. The van der Waals surface area contributed by atoms with Crippen LogP contribution in [-0.2, 0) is 11.3 Å². The average Bonchev–Trinajstić information content (AvgIpc) is 2.61. The Kier molecular flexibility index (Phi) is 5.78. The van der Waals surface area contributed by atoms with E-state index in [0.29, 0.717) is 0 Å². The number of ether oxygens (including phenoxy) is 1. The summed E-state index contributed by atoms with van der Waals surface area (Å²) < 4.78 is 11.5. The second-order valence-electron chi connectivity index (χ2n) is 4.72. The molecule has 0 bridgehead atoms. The monoisotopic (exact) mass is 337 g/mol. The standard InChI is InChI=1S/C12H20INO2/c1-12(2,6-7-15-3)9-14-8-10-4-5-11(13)16-10/h4-5,14H,6-9H2,1-3H3. The molecule has 0 fully saturated rings. The van der Waals surface area contributed by atoms with Crippen LogP contribution in [0.25, 0.3) is 0 Å². The molecular weight excluding hydrogens is 317 g/mol. The van der Waals surface area contributed by atoms with Crippen molar-refractivity contribution < 1.29 is 9.15 Å². The van der Waals surface area contributed by atoms with Crippen molar-refractivity contribution >= 4 is 22.6 Å². The van der Waals surface area contributed by atoms with Gasteiger partial charge in [-0.25, -0.2) is 0 Å². The van der Waals surface area contributed by atoms with Gasteiger partial charge in [0.1, 0.15) is 5.76 Å². The normalized spacial score (nSPS) is 12.0. The number of rotatable bonds is 7. The van der Waals surface area contributed by atoms with E-state index in [9.17, 15) is 0 Å². The van der Waals surface area contributed by atoms with Crippen molar-refractivity contribution in [3.05, 3.63) is 21.7 Å². The summed E-state index contributed by atoms with van der Waals surface area (Å²) in [6, 6.07) is 3.99. The average molecular weight is 337 g/mol. The smallest absolute Gasteiger partial charge is 0.164 e. The van der Waals surface area contributed by atoms with Gasteiger partial charge in [-0.2, -0.15) is 0 Å². The van der Waals surface area contributed by atoms with Crippen LogP contribution in [0.15, 0.2) is 16.5 Å². The summed E-state index contributed by atoms with van der Waals surface area (Å²) in [4.78, 5) is 0. The van der Waals surface area contributed by atoms with Crippen LogP contribution in [-0.4, -0.2) is 20.3 Å². The van der Waals surface area contributed by atoms with Crippen LogP contribution in [0.3, 0.4) is 0 Å². The number of methoxy groups -OCH3 is 1. The fourth-order valence-electron chi connectivity index (χ4n) is 1.44. The number of nitrogens with one attached hydrogen (secondary N) is 1. The van der Waals surface area contributed by atoms with E-state index in [-0.39, 0.29) is 5.41 Å². The summed E-state index contributed by atoms with van der Waals surface area (Å²) in [5.41, 5.74) is 0.260. The molecule has 92 valence electrons. The van der Waals surface area contributed by atoms with Crippen molar-refractivity contribution in [2.45, 2.75) is 26.8 Å². The minimum absolute atomic E-state index is 0.260. The Labute approximate surface area is 111 Å². The highest BCUT2D eigenvalue weighted by molar-refractivity contribution is 14.1. The molecule has 16 heavy (non-hydrogen) atoms. The van der Waals surface area contributed by atoms with E-state index in [1.807, 2.05) is 12.1 Å². The van der Waals surface area contributed by atoms with Crippen LogP contribution in [0.2, 0.25) is 0 Å². The van der Waals surface area contributed by atoms with Gasteiger partial charge in [0.05, 0.1) is 6.54 Å². The van der Waals surface area contributed by atoms with Gasteiger partial charge in [0.25, 0.3) is 0 Å². The summed E-state index contributed by atoms with van der Waals surface area (Å²) in [5, 5.41) is 3.41. The molecular formula is C12H20INO2. The van der Waals surface area contributed by atoms with Crippen LogP contribution in [0.5, 0.6) is 0 Å². The Hall–Kier alpha value is -0.0700. The molecule has 1 rings (SSSR count). The number of furan rings is 1. The lowest BCUT2D eigenvalue weighted by Crippen LogP contribution is -2.30. The first-order valence-corrected chi connectivity index (χ1v) is 6.55. The van der Waals surface area contributed by atoms with Crippen molar-refractivity contribution in [3.63, 3.8) is 0 Å². The molecule has 3 nitrogen and oxygen atoms in total. The van der Waals surface area contributed by atoms with E-state index < -0.39 is 0 Å². The molecule has 0 saturated carbocycles. The summed E-state index contributed by atoms with van der Waals surface area (Å²) >= 11 is 2.18. The zero-order valence-electron chi connectivity index (χ0n) is 10.2. The van der Waals surface area contributed by atoms with Gasteiger partial charge in [0.2, 0.25) is 0 Å². The van der Waals surface area contributed by atoms with Gasteiger partial charge in [0, 0.05) is 20.3 Å². The molecule has 0 amide bonds. The Morgan fingerprint density at radius 2 is 2.19 bits per heavy atom. The van der Waals surface area contributed by atoms with E-state index in [1.54, 1.807) is 7.11 Å². The first-order chi connectivity index (χ1) is 7.53. The molecule has 1 heterocycles. The van der Waals surface area contributed by atoms with Crippen molar-refractivity contribution in [2.24, 2.45) is 5.41 Å². The van der Waals surface area contributed by atoms with Crippen molar-refractivity contribution in [1.29, 1.82) is 0 Å². The minimum Gasteiger partial charge on any atom is -0.454 e. The van der Waals surface area contributed by atoms with Gasteiger partial charge < -0.3 is 14.5 Å². The van der Waals surface area contributed by atoms with Gasteiger partial charge in [-0.3, -0.25) is 0 Å². The molecule has 0 aliphatic heterocycles. The maximum Gasteiger partial charge on any atom is 0.164 e. The molecule has 0 saturated heterocycles. The lowest BCUT2D eigenvalue weighted by molar-refractivity contribution is 0.150. The van der Waals surface area contributed by atoms with Crippen LogP contribution < -0.4 is 5.32 Å². The van der Waals surface area contributed by atoms with E-state index >= 15 is 0 Å². The quantitative estimate of drug-likeness (QED) is 0.777. The zero-order valence-corrected chi connectivity index (χ0v) is 12.3. The van der Waals surface area contributed by atoms with Crippen LogP contribution >= 0.6 is 22.6 Å². The van der Waals surface area contributed by atoms with Gasteiger partial charge >= 0.3 is 0 Å². The first kappa shape index (κ1) is 14.0. The topological polar surface area (TPSA) is 34.4 Å². The highest BCUT2D eigenvalue weighted by atomic mass is 127. The molecule has 0 unspecified atom stereocenters. The van der Waals surface area contributed by atoms with Gasteiger partial charge in [0.15, 0.2) is 3.77 Å². The summed E-state index contributed by atoms with van der Waals surface area (Å²) in [6.45, 7) is 7.05. The minimum atomic E-state index is 0.260. The van der Waals surface area contributed by atoms with Gasteiger partial charge in [-0.05, 0) is 46.6 Å². The Balaban J connectivity index is 2.24. The molecule has 0 atom stereocenters. The van der Waals surface area contributed by atoms with Gasteiger partial charge in [-0.1, -0.05) is 13.8 Å². The van der Waals surface area contributed by atoms with Crippen LogP contribution in [0, 0.1) is 9.18 Å². The number of hydrogen-bond donors (Lipinski definition) is 1. The van der Waals surface area contributed by atoms with Gasteiger partial charge in [-0.15, -0.1) is 0 Å². The van der Waals surface area contributed by atoms with E-state index in [4.69, 9.17) is 9.15 Å². The van der Waals surface area contributed by atoms with E-state index in [1.165, 1.54) is 0 Å². The summed E-state index contributed by atoms with van der Waals surface area (Å²) in [6.07, 6.45) is 1.06. The molecule has 0 radical (unpaired) electrons. The van der Waals surface area contributed by atoms with Crippen molar-refractivity contribution in [3.8, 4) is 0 Å². The number of halogens is 1. The lowest BCUT2D eigenvalue weighted by Gasteiger charge is -2.24. The molecule has 1 aromatic heterocycles. The fraction of sp³-hybridized carbons (Fsp3) is 0.667. The molecule has 0 aromatic carbocycles. The lowest BCUT2D eigenvalue weighted by atomic mass is 9.90. The Morgan fingerprint density at radius 1 is 1.44 bits per heavy atom. The predicted octanol–water partition coefficient (Wildman–Crippen LogP) is 3.04. The largest absolute Gasteiger partial charge is 0.454 e. The third-order valence-electron chi connectivity index (χ3n) is 2.51. The Bertz CT molecular complexity index is 310. The van der Waals surface area contributed by atoms with Crippen molar-refractivity contribution in [1.82, 2.24) is 5.32 Å². The fourth-order valence-corrected chi connectivity index (χ4v) is 1.90. The van der Waals surface area contributed by atoms with Crippen LogP contribution in [0.1, 0.15) is 26.0 Å². The van der Waals surface area contributed by atoms with Crippen LogP contribution in [0.4, 0.5) is 0 Å². The second kappa shape index (κ2) is 6.61. The number of hydrogen-bond acceptors (Lipinski definition) is 3.